The van der Waals surface area contributed by atoms with Crippen molar-refractivity contribution in [2.75, 3.05) is 19.0 Å². The molecule has 0 aliphatic carbocycles. The summed E-state index contributed by atoms with van der Waals surface area (Å²) in [5.74, 6) is -0.0932. The van der Waals surface area contributed by atoms with Gasteiger partial charge >= 0.3 is 0 Å². The van der Waals surface area contributed by atoms with Crippen molar-refractivity contribution >= 4 is 17.5 Å². The molecule has 3 rings (SSSR count). The van der Waals surface area contributed by atoms with Gasteiger partial charge in [0.2, 0.25) is 11.8 Å². The summed E-state index contributed by atoms with van der Waals surface area (Å²) in [4.78, 5) is 34.8. The van der Waals surface area contributed by atoms with Gasteiger partial charge in [-0.2, -0.15) is 0 Å². The highest BCUT2D eigenvalue weighted by Gasteiger charge is 2.34. The monoisotopic (exact) mass is 340 g/mol. The highest BCUT2D eigenvalue weighted by molar-refractivity contribution is 5.98. The van der Waals surface area contributed by atoms with Crippen LogP contribution >= 0.6 is 0 Å². The number of ether oxygens (including phenoxy) is 1. The molecule has 1 aliphatic heterocycles. The molecular weight excluding hydrogens is 320 g/mol. The van der Waals surface area contributed by atoms with Crippen LogP contribution in [-0.4, -0.2) is 40.3 Å². The summed E-state index contributed by atoms with van der Waals surface area (Å²) in [7, 11) is 1.54. The second-order valence-electron chi connectivity index (χ2n) is 5.96. The van der Waals surface area contributed by atoms with E-state index in [2.05, 4.69) is 15.3 Å². The summed E-state index contributed by atoms with van der Waals surface area (Å²) >= 11 is 0. The molecule has 0 aromatic carbocycles. The van der Waals surface area contributed by atoms with Crippen molar-refractivity contribution in [3.63, 3.8) is 0 Å². The number of methoxy groups -OCH3 is 1. The van der Waals surface area contributed by atoms with Crippen molar-refractivity contribution in [2.45, 2.75) is 19.9 Å². The van der Waals surface area contributed by atoms with Crippen LogP contribution in [0.5, 0.6) is 5.75 Å². The predicted molar refractivity (Wildman–Crippen MR) is 91.9 cm³/mol. The van der Waals surface area contributed by atoms with E-state index in [1.54, 1.807) is 23.4 Å². The van der Waals surface area contributed by atoms with E-state index in [9.17, 15) is 9.59 Å². The average molecular weight is 340 g/mol. The third-order valence-electron chi connectivity index (χ3n) is 4.21. The molecule has 0 spiro atoms. The van der Waals surface area contributed by atoms with E-state index < -0.39 is 5.92 Å². The Balaban J connectivity index is 1.66. The van der Waals surface area contributed by atoms with E-state index in [4.69, 9.17) is 4.74 Å². The highest BCUT2D eigenvalue weighted by atomic mass is 16.5. The number of carbonyl (C=O) groups excluding carboxylic acids is 2. The molecule has 3 heterocycles. The van der Waals surface area contributed by atoms with E-state index in [0.717, 1.165) is 5.69 Å². The number of likely N-dealkylation sites (tertiary alicyclic amines) is 1. The van der Waals surface area contributed by atoms with Crippen LogP contribution < -0.4 is 10.1 Å². The van der Waals surface area contributed by atoms with E-state index in [-0.39, 0.29) is 18.2 Å². The Labute approximate surface area is 146 Å². The number of aromatic nitrogens is 2. The molecule has 7 nitrogen and oxygen atoms in total. The van der Waals surface area contributed by atoms with Crippen LogP contribution in [0, 0.1) is 12.8 Å². The van der Waals surface area contributed by atoms with Crippen LogP contribution in [0.1, 0.15) is 17.8 Å². The summed E-state index contributed by atoms with van der Waals surface area (Å²) in [6, 6.07) is 7.26. The lowest BCUT2D eigenvalue weighted by Gasteiger charge is -2.17. The first kappa shape index (κ1) is 16.9. The maximum Gasteiger partial charge on any atom is 0.229 e. The van der Waals surface area contributed by atoms with Gasteiger partial charge < -0.3 is 15.0 Å². The van der Waals surface area contributed by atoms with Crippen LogP contribution in [0.2, 0.25) is 0 Å². The van der Waals surface area contributed by atoms with Gasteiger partial charge in [-0.3, -0.25) is 19.6 Å². The van der Waals surface area contributed by atoms with Crippen molar-refractivity contribution in [1.29, 1.82) is 0 Å². The summed E-state index contributed by atoms with van der Waals surface area (Å²) in [5.41, 5.74) is 2.07. The SMILES string of the molecule is COc1c(NC(=O)C2CC(=O)N(Cc3ccccn3)C2)ccnc1C. The zero-order valence-electron chi connectivity index (χ0n) is 14.2. The number of rotatable bonds is 5. The minimum Gasteiger partial charge on any atom is -0.493 e. The molecule has 2 amide bonds. The van der Waals surface area contributed by atoms with Crippen LogP contribution in [0.15, 0.2) is 36.7 Å². The molecular formula is C18H20N4O3. The summed E-state index contributed by atoms with van der Waals surface area (Å²) in [5, 5.41) is 2.85. The largest absolute Gasteiger partial charge is 0.493 e. The van der Waals surface area contributed by atoms with Crippen LogP contribution in [-0.2, 0) is 16.1 Å². The zero-order chi connectivity index (χ0) is 17.8. The molecule has 25 heavy (non-hydrogen) atoms. The lowest BCUT2D eigenvalue weighted by atomic mass is 10.1. The van der Waals surface area contributed by atoms with Gasteiger partial charge in [0.15, 0.2) is 5.75 Å². The number of carbonyl (C=O) groups is 2. The van der Waals surface area contributed by atoms with Crippen LogP contribution in [0.3, 0.4) is 0 Å². The average Bonchev–Trinajstić information content (AvgIpc) is 2.97. The summed E-state index contributed by atoms with van der Waals surface area (Å²) in [6.45, 7) is 2.61. The van der Waals surface area contributed by atoms with Crippen LogP contribution in [0.4, 0.5) is 5.69 Å². The lowest BCUT2D eigenvalue weighted by Crippen LogP contribution is -2.28. The van der Waals surface area contributed by atoms with Gasteiger partial charge in [0.25, 0.3) is 0 Å². The van der Waals surface area contributed by atoms with Crippen LogP contribution in [0.25, 0.3) is 0 Å². The molecule has 2 aromatic heterocycles. The highest BCUT2D eigenvalue weighted by Crippen LogP contribution is 2.28. The van der Waals surface area contributed by atoms with E-state index in [0.29, 0.717) is 30.2 Å². The maximum atomic E-state index is 12.6. The normalized spacial score (nSPS) is 16.8. The second-order valence-corrected chi connectivity index (χ2v) is 5.96. The first-order chi connectivity index (χ1) is 12.1. The number of pyridine rings is 2. The minimum atomic E-state index is -0.394. The van der Waals surface area contributed by atoms with E-state index in [1.165, 1.54) is 7.11 Å². The smallest absolute Gasteiger partial charge is 0.229 e. The Morgan fingerprint density at radius 1 is 1.32 bits per heavy atom. The molecule has 0 radical (unpaired) electrons. The molecule has 0 bridgehead atoms. The number of amides is 2. The quantitative estimate of drug-likeness (QED) is 0.897. The van der Waals surface area contributed by atoms with Crippen molar-refractivity contribution in [2.24, 2.45) is 5.92 Å². The van der Waals surface area contributed by atoms with Gasteiger partial charge in [-0.15, -0.1) is 0 Å². The Morgan fingerprint density at radius 3 is 2.88 bits per heavy atom. The van der Waals surface area contributed by atoms with Crippen molar-refractivity contribution in [3.05, 3.63) is 48.0 Å². The molecule has 1 N–H and O–H groups in total. The third-order valence-corrected chi connectivity index (χ3v) is 4.21. The Hall–Kier alpha value is -2.96. The Kier molecular flexibility index (Phi) is 4.92. The first-order valence-electron chi connectivity index (χ1n) is 8.06. The number of nitrogens with one attached hydrogen (secondary N) is 1. The standard InChI is InChI=1S/C18H20N4O3/c1-12-17(25-2)15(6-8-19-12)21-18(24)13-9-16(23)22(10-13)11-14-5-3-4-7-20-14/h3-8,13H,9-11H2,1-2H3,(H,19,21,24). The molecule has 1 atom stereocenters. The molecule has 7 heteroatoms. The van der Waals surface area contributed by atoms with Gasteiger partial charge in [0.1, 0.15) is 0 Å². The lowest BCUT2D eigenvalue weighted by molar-refractivity contribution is -0.128. The molecule has 1 unspecified atom stereocenters. The van der Waals surface area contributed by atoms with Crippen molar-refractivity contribution in [3.8, 4) is 5.75 Å². The fourth-order valence-electron chi connectivity index (χ4n) is 2.93. The predicted octanol–water partition coefficient (Wildman–Crippen LogP) is 1.78. The number of hydrogen-bond donors (Lipinski definition) is 1. The van der Waals surface area contributed by atoms with Gasteiger partial charge in [-0.25, -0.2) is 0 Å². The van der Waals surface area contributed by atoms with Gasteiger partial charge in [-0.1, -0.05) is 6.07 Å². The van der Waals surface area contributed by atoms with Crippen molar-refractivity contribution < 1.29 is 14.3 Å². The fraction of sp³-hybridized carbons (Fsp3) is 0.333. The summed E-state index contributed by atoms with van der Waals surface area (Å²) < 4.78 is 5.30. The number of anilines is 1. The summed E-state index contributed by atoms with van der Waals surface area (Å²) in [6.07, 6.45) is 3.50. The number of nitrogens with zero attached hydrogens (tertiary/aromatic N) is 3. The molecule has 1 aliphatic rings. The maximum absolute atomic E-state index is 12.6. The topological polar surface area (TPSA) is 84.4 Å². The molecule has 0 saturated carbocycles. The minimum absolute atomic E-state index is 0.0383. The zero-order valence-corrected chi connectivity index (χ0v) is 14.2. The van der Waals surface area contributed by atoms with E-state index >= 15 is 0 Å². The molecule has 2 aromatic rings. The Morgan fingerprint density at radius 2 is 2.16 bits per heavy atom. The first-order valence-corrected chi connectivity index (χ1v) is 8.06. The van der Waals surface area contributed by atoms with Gasteiger partial charge in [0, 0.05) is 25.4 Å². The van der Waals surface area contributed by atoms with E-state index in [1.807, 2.05) is 25.1 Å². The van der Waals surface area contributed by atoms with Gasteiger partial charge in [0.05, 0.1) is 36.6 Å². The molecule has 130 valence electrons. The molecule has 1 fully saturated rings. The molecule has 1 saturated heterocycles. The van der Waals surface area contributed by atoms with Crippen molar-refractivity contribution in [1.82, 2.24) is 14.9 Å². The third kappa shape index (κ3) is 3.76. The second kappa shape index (κ2) is 7.29. The number of aryl methyl sites for hydroxylation is 1. The fourth-order valence-corrected chi connectivity index (χ4v) is 2.93. The van der Waals surface area contributed by atoms with Gasteiger partial charge in [-0.05, 0) is 25.1 Å². The number of hydrogen-bond acceptors (Lipinski definition) is 5. The Bertz CT molecular complexity index is 779.